The zero-order chi connectivity index (χ0) is 29.1. The van der Waals surface area contributed by atoms with Crippen LogP contribution in [0.4, 0.5) is 0 Å². The lowest BCUT2D eigenvalue weighted by Crippen LogP contribution is -2.46. The highest BCUT2D eigenvalue weighted by atomic mass is 16.5. The van der Waals surface area contributed by atoms with Crippen LogP contribution in [0.5, 0.6) is 5.75 Å². The first-order valence-corrected chi connectivity index (χ1v) is 14.1. The Labute approximate surface area is 238 Å². The minimum Gasteiger partial charge on any atom is -0.497 e. The summed E-state index contributed by atoms with van der Waals surface area (Å²) in [4.78, 5) is 30.7. The predicted octanol–water partition coefficient (Wildman–Crippen LogP) is 4.84. The van der Waals surface area contributed by atoms with E-state index in [0.29, 0.717) is 37.2 Å². The number of hydrogen-bond acceptors (Lipinski definition) is 5. The second-order valence-corrected chi connectivity index (χ2v) is 10.3. The Morgan fingerprint density at radius 1 is 0.850 bits per heavy atom. The molecule has 7 nitrogen and oxygen atoms in total. The van der Waals surface area contributed by atoms with E-state index in [1.54, 1.807) is 24.1 Å². The van der Waals surface area contributed by atoms with Crippen LogP contribution in [0.3, 0.4) is 0 Å². The van der Waals surface area contributed by atoms with Gasteiger partial charge in [-0.3, -0.25) is 9.59 Å². The van der Waals surface area contributed by atoms with E-state index in [1.165, 1.54) is 0 Å². The lowest BCUT2D eigenvalue weighted by molar-refractivity contribution is 0.0554. The van der Waals surface area contributed by atoms with Crippen LogP contribution in [0.25, 0.3) is 0 Å². The Hall–Kier alpha value is -3.68. The van der Waals surface area contributed by atoms with Crippen molar-refractivity contribution in [3.05, 3.63) is 101 Å². The number of nitrogens with zero attached hydrogens (tertiary/aromatic N) is 2. The number of benzene rings is 3. The molecule has 0 heterocycles. The minimum absolute atomic E-state index is 0.0495. The van der Waals surface area contributed by atoms with Gasteiger partial charge in [-0.1, -0.05) is 56.3 Å². The molecule has 2 atom stereocenters. The maximum Gasteiger partial charge on any atom is 0.254 e. The molecule has 0 bridgehead atoms. The number of hydrogen-bond donors (Lipinski definition) is 2. The summed E-state index contributed by atoms with van der Waals surface area (Å²) < 4.78 is 5.30. The van der Waals surface area contributed by atoms with Crippen molar-refractivity contribution in [2.24, 2.45) is 5.73 Å². The smallest absolute Gasteiger partial charge is 0.254 e. The molecule has 0 unspecified atom stereocenters. The van der Waals surface area contributed by atoms with Gasteiger partial charge >= 0.3 is 0 Å². The zero-order valence-corrected chi connectivity index (χ0v) is 24.2. The quantitative estimate of drug-likeness (QED) is 0.302. The van der Waals surface area contributed by atoms with Crippen LogP contribution in [0.1, 0.15) is 64.1 Å². The number of carbonyl (C=O) groups is 2. The van der Waals surface area contributed by atoms with E-state index in [4.69, 9.17) is 10.5 Å². The molecule has 214 valence electrons. The van der Waals surface area contributed by atoms with Gasteiger partial charge in [-0.25, -0.2) is 0 Å². The molecule has 40 heavy (non-hydrogen) atoms. The third-order valence-corrected chi connectivity index (χ3v) is 6.86. The Morgan fingerprint density at radius 3 is 2.05 bits per heavy atom. The summed E-state index contributed by atoms with van der Waals surface area (Å²) in [6.45, 7) is 7.67. The molecule has 0 spiro atoms. The van der Waals surface area contributed by atoms with Gasteiger partial charge in [0.2, 0.25) is 0 Å². The summed E-state index contributed by atoms with van der Waals surface area (Å²) in [5.74, 6) is 0.393. The fraction of sp³-hybridized carbons (Fsp3) is 0.394. The van der Waals surface area contributed by atoms with Crippen molar-refractivity contribution in [2.45, 2.75) is 58.7 Å². The van der Waals surface area contributed by atoms with Crippen molar-refractivity contribution in [3.8, 4) is 5.75 Å². The molecule has 0 aliphatic heterocycles. The van der Waals surface area contributed by atoms with Crippen LogP contribution in [0, 0.1) is 6.92 Å². The van der Waals surface area contributed by atoms with Crippen LogP contribution < -0.4 is 10.5 Å². The minimum atomic E-state index is -0.964. The van der Waals surface area contributed by atoms with E-state index in [9.17, 15) is 14.7 Å². The summed E-state index contributed by atoms with van der Waals surface area (Å²) in [6.07, 6.45) is 1.19. The number of aliphatic hydroxyl groups is 1. The maximum absolute atomic E-state index is 13.9. The average Bonchev–Trinajstić information content (AvgIpc) is 2.96. The van der Waals surface area contributed by atoms with Gasteiger partial charge in [-0.05, 0) is 73.2 Å². The molecule has 0 saturated carbocycles. The van der Waals surface area contributed by atoms with E-state index < -0.39 is 12.1 Å². The number of carbonyl (C=O) groups excluding carboxylic acids is 2. The third-order valence-electron chi connectivity index (χ3n) is 6.86. The normalized spacial score (nSPS) is 12.4. The van der Waals surface area contributed by atoms with Crippen molar-refractivity contribution in [1.82, 2.24) is 9.80 Å². The molecule has 0 fully saturated rings. The summed E-state index contributed by atoms with van der Waals surface area (Å²) >= 11 is 0. The van der Waals surface area contributed by atoms with Crippen LogP contribution in [-0.4, -0.2) is 65.6 Å². The number of aliphatic hydroxyl groups excluding tert-OH is 1. The Bertz CT molecular complexity index is 1240. The summed E-state index contributed by atoms with van der Waals surface area (Å²) in [6, 6.07) is 21.9. The van der Waals surface area contributed by atoms with Gasteiger partial charge in [0.1, 0.15) is 5.75 Å². The predicted molar refractivity (Wildman–Crippen MR) is 160 cm³/mol. The van der Waals surface area contributed by atoms with Gasteiger partial charge in [0.25, 0.3) is 11.8 Å². The first-order valence-electron chi connectivity index (χ1n) is 14.1. The van der Waals surface area contributed by atoms with E-state index in [-0.39, 0.29) is 18.4 Å². The summed E-state index contributed by atoms with van der Waals surface area (Å²) in [7, 11) is 1.61. The fourth-order valence-electron chi connectivity index (χ4n) is 4.84. The highest BCUT2D eigenvalue weighted by Crippen LogP contribution is 2.19. The van der Waals surface area contributed by atoms with E-state index >= 15 is 0 Å². The average molecular weight is 546 g/mol. The number of methoxy groups -OCH3 is 1. The maximum atomic E-state index is 13.9. The monoisotopic (exact) mass is 545 g/mol. The fourth-order valence-corrected chi connectivity index (χ4v) is 4.84. The van der Waals surface area contributed by atoms with Crippen LogP contribution in [0.2, 0.25) is 0 Å². The molecule has 3 rings (SSSR count). The molecule has 0 aromatic heterocycles. The summed E-state index contributed by atoms with van der Waals surface area (Å²) in [5, 5.41) is 11.1. The Balaban J connectivity index is 1.86. The van der Waals surface area contributed by atoms with Crippen LogP contribution in [-0.2, 0) is 13.0 Å². The zero-order valence-electron chi connectivity index (χ0n) is 24.2. The summed E-state index contributed by atoms with van der Waals surface area (Å²) in [5.41, 5.74) is 10.0. The van der Waals surface area contributed by atoms with Crippen LogP contribution >= 0.6 is 0 Å². The van der Waals surface area contributed by atoms with Gasteiger partial charge in [0.05, 0.1) is 13.2 Å². The molecular formula is C33H43N3O4. The van der Waals surface area contributed by atoms with Crippen molar-refractivity contribution in [2.75, 3.05) is 26.7 Å². The first kappa shape index (κ1) is 30.9. The Kier molecular flexibility index (Phi) is 11.7. The van der Waals surface area contributed by atoms with Gasteiger partial charge in [-0.15, -0.1) is 0 Å². The lowest BCUT2D eigenvalue weighted by atomic mass is 10.0. The van der Waals surface area contributed by atoms with Crippen molar-refractivity contribution in [3.63, 3.8) is 0 Å². The second kappa shape index (κ2) is 15.2. The van der Waals surface area contributed by atoms with Gasteiger partial charge in [0, 0.05) is 43.3 Å². The molecule has 3 aromatic rings. The number of amides is 2. The van der Waals surface area contributed by atoms with E-state index in [2.05, 4.69) is 0 Å². The van der Waals surface area contributed by atoms with Crippen molar-refractivity contribution >= 4 is 11.8 Å². The van der Waals surface area contributed by atoms with Crippen molar-refractivity contribution in [1.29, 1.82) is 0 Å². The first-order chi connectivity index (χ1) is 19.2. The van der Waals surface area contributed by atoms with Gasteiger partial charge in [-0.2, -0.15) is 0 Å². The van der Waals surface area contributed by atoms with Gasteiger partial charge < -0.3 is 25.4 Å². The van der Waals surface area contributed by atoms with E-state index in [0.717, 1.165) is 35.3 Å². The number of ether oxygens (including phenoxy) is 1. The molecule has 7 heteroatoms. The van der Waals surface area contributed by atoms with Crippen LogP contribution in [0.15, 0.2) is 72.8 Å². The third kappa shape index (κ3) is 8.66. The number of aryl methyl sites for hydroxylation is 1. The highest BCUT2D eigenvalue weighted by Gasteiger charge is 2.25. The largest absolute Gasteiger partial charge is 0.497 e. The molecule has 2 amide bonds. The topological polar surface area (TPSA) is 96.1 Å². The van der Waals surface area contributed by atoms with Crippen molar-refractivity contribution < 1.29 is 19.4 Å². The van der Waals surface area contributed by atoms with Gasteiger partial charge in [0.15, 0.2) is 0 Å². The molecule has 3 N–H and O–H groups in total. The number of nitrogens with two attached hydrogens (primary N) is 1. The molecule has 0 aliphatic rings. The molecular weight excluding hydrogens is 502 g/mol. The molecule has 0 aliphatic carbocycles. The molecule has 0 radical (unpaired) electrons. The standard InChI is InChI=1S/C33H43N3O4/c1-5-15-35(16-6-2)32(38)27-17-24(3)18-28(21-27)33(39)36(22-25-11-8-7-9-12-25)23-31(37)30(34)20-26-13-10-14-29(19-26)40-4/h7-14,17-19,21,30-31,37H,5-6,15-16,20,22-23,34H2,1-4H3/t30-,31+/m0/s1. The second-order valence-electron chi connectivity index (χ2n) is 10.3. The lowest BCUT2D eigenvalue weighted by Gasteiger charge is -2.29. The Morgan fingerprint density at radius 2 is 1.45 bits per heavy atom. The van der Waals surface area contributed by atoms with E-state index in [1.807, 2.05) is 86.3 Å². The number of rotatable bonds is 14. The molecule has 3 aromatic carbocycles. The SMILES string of the molecule is CCCN(CCC)C(=O)c1cc(C)cc(C(=O)N(Cc2ccccc2)C[C@@H](O)[C@@H](N)Cc2cccc(OC)c2)c1. The molecule has 0 saturated heterocycles. The highest BCUT2D eigenvalue weighted by molar-refractivity contribution is 6.00.